The topological polar surface area (TPSA) is 110 Å². The van der Waals surface area contributed by atoms with Crippen molar-refractivity contribution in [1.82, 2.24) is 20.1 Å². The van der Waals surface area contributed by atoms with Crippen LogP contribution in [0.15, 0.2) is 24.4 Å². The molecule has 1 amide bonds. The van der Waals surface area contributed by atoms with Gasteiger partial charge in [0.2, 0.25) is 5.88 Å². The van der Waals surface area contributed by atoms with Gasteiger partial charge < -0.3 is 20.3 Å². The fourth-order valence-electron chi connectivity index (χ4n) is 3.60. The predicted molar refractivity (Wildman–Crippen MR) is 98.7 cm³/mol. The zero-order chi connectivity index (χ0) is 22.1. The molecular formula is C19H23F3N4O4. The van der Waals surface area contributed by atoms with Gasteiger partial charge >= 0.3 is 6.18 Å². The lowest BCUT2D eigenvalue weighted by molar-refractivity contribution is -0.137. The molecule has 1 aliphatic carbocycles. The van der Waals surface area contributed by atoms with Gasteiger partial charge in [-0.25, -0.2) is 4.98 Å². The van der Waals surface area contributed by atoms with E-state index < -0.39 is 29.4 Å². The van der Waals surface area contributed by atoms with Crippen molar-refractivity contribution in [3.05, 3.63) is 41.3 Å². The molecule has 0 aromatic carbocycles. The first-order valence-electron chi connectivity index (χ1n) is 9.30. The Morgan fingerprint density at radius 3 is 2.50 bits per heavy atom. The Kier molecular flexibility index (Phi) is 6.04. The van der Waals surface area contributed by atoms with E-state index in [-0.39, 0.29) is 37.8 Å². The van der Waals surface area contributed by atoms with Crippen LogP contribution < -0.4 is 10.1 Å². The van der Waals surface area contributed by atoms with Crippen LogP contribution in [-0.4, -0.2) is 56.2 Å². The lowest BCUT2D eigenvalue weighted by Crippen LogP contribution is -2.41. The number of carbonyl (C=O) groups is 1. The quantitative estimate of drug-likeness (QED) is 0.643. The molecule has 1 unspecified atom stereocenters. The molecule has 0 aliphatic heterocycles. The second kappa shape index (κ2) is 8.23. The second-order valence-corrected chi connectivity index (χ2v) is 7.69. The molecule has 30 heavy (non-hydrogen) atoms. The highest BCUT2D eigenvalue weighted by molar-refractivity contribution is 5.92. The zero-order valence-electron chi connectivity index (χ0n) is 16.5. The summed E-state index contributed by atoms with van der Waals surface area (Å²) in [7, 11) is 1.64. The van der Waals surface area contributed by atoms with Gasteiger partial charge in [0.25, 0.3) is 5.91 Å². The summed E-state index contributed by atoms with van der Waals surface area (Å²) in [5, 5.41) is 26.9. The predicted octanol–water partition coefficient (Wildman–Crippen LogP) is 1.45. The van der Waals surface area contributed by atoms with E-state index in [4.69, 9.17) is 4.74 Å². The number of carbonyl (C=O) groups excluding carboxylic acids is 1. The highest BCUT2D eigenvalue weighted by Gasteiger charge is 2.45. The number of ether oxygens (including phenoxy) is 1. The van der Waals surface area contributed by atoms with Gasteiger partial charge in [-0.15, -0.1) is 0 Å². The summed E-state index contributed by atoms with van der Waals surface area (Å²) in [6.45, 7) is 1.79. The zero-order valence-corrected chi connectivity index (χ0v) is 16.5. The minimum atomic E-state index is -4.50. The van der Waals surface area contributed by atoms with Gasteiger partial charge in [-0.3, -0.25) is 9.48 Å². The molecule has 0 radical (unpaired) electrons. The molecule has 1 aliphatic rings. The third-order valence-corrected chi connectivity index (χ3v) is 5.18. The molecule has 8 nitrogen and oxygen atoms in total. The van der Waals surface area contributed by atoms with Gasteiger partial charge in [-0.05, 0) is 31.9 Å². The first kappa shape index (κ1) is 22.0. The van der Waals surface area contributed by atoms with E-state index >= 15 is 0 Å². The lowest BCUT2D eigenvalue weighted by Gasteiger charge is -2.29. The Morgan fingerprint density at radius 2 is 2.00 bits per heavy atom. The van der Waals surface area contributed by atoms with Crippen molar-refractivity contribution in [3.63, 3.8) is 0 Å². The number of halogens is 3. The number of aliphatic hydroxyl groups is 2. The van der Waals surface area contributed by atoms with E-state index in [0.717, 1.165) is 12.1 Å². The van der Waals surface area contributed by atoms with Crippen LogP contribution >= 0.6 is 0 Å². The number of hydrogen-bond acceptors (Lipinski definition) is 6. The fourth-order valence-corrected chi connectivity index (χ4v) is 3.60. The average molecular weight is 428 g/mol. The number of alkyl halides is 3. The maximum absolute atomic E-state index is 12.7. The minimum absolute atomic E-state index is 0.0214. The Hall–Kier alpha value is -2.66. The molecule has 3 N–H and O–H groups in total. The molecule has 0 spiro atoms. The maximum Gasteiger partial charge on any atom is 0.417 e. The van der Waals surface area contributed by atoms with Gasteiger partial charge in [-0.1, -0.05) is 0 Å². The van der Waals surface area contributed by atoms with Crippen LogP contribution in [0.5, 0.6) is 5.88 Å². The highest BCUT2D eigenvalue weighted by Crippen LogP contribution is 2.39. The Bertz CT molecular complexity index is 888. The molecule has 0 saturated heterocycles. The monoisotopic (exact) mass is 428 g/mol. The first-order valence-corrected chi connectivity index (χ1v) is 9.30. The van der Waals surface area contributed by atoms with E-state index in [9.17, 15) is 28.2 Å². The summed E-state index contributed by atoms with van der Waals surface area (Å²) < 4.78 is 45.0. The minimum Gasteiger partial charge on any atom is -0.477 e. The van der Waals surface area contributed by atoms with E-state index in [0.29, 0.717) is 17.6 Å². The van der Waals surface area contributed by atoms with E-state index in [2.05, 4.69) is 15.4 Å². The van der Waals surface area contributed by atoms with Crippen molar-refractivity contribution in [2.24, 2.45) is 12.5 Å². The average Bonchev–Trinajstić information content (AvgIpc) is 3.16. The molecule has 2 aromatic rings. The SMILES string of the molecule is Cc1cc(C(=O)NCC2(COc3ccc(C(F)(F)F)cn3)C[C@@H](O)[C@@H](O)C2)n(C)n1. The lowest BCUT2D eigenvalue weighted by atomic mass is 9.86. The molecule has 1 fully saturated rings. The van der Waals surface area contributed by atoms with Crippen LogP contribution in [0, 0.1) is 12.3 Å². The second-order valence-electron chi connectivity index (χ2n) is 7.69. The molecule has 164 valence electrons. The van der Waals surface area contributed by atoms with Crippen molar-refractivity contribution in [2.75, 3.05) is 13.2 Å². The molecule has 0 bridgehead atoms. The summed E-state index contributed by atoms with van der Waals surface area (Å²) in [6.07, 6.45) is -5.51. The van der Waals surface area contributed by atoms with Crippen molar-refractivity contribution in [2.45, 2.75) is 38.1 Å². The summed E-state index contributed by atoms with van der Waals surface area (Å²) in [4.78, 5) is 16.2. The number of nitrogens with one attached hydrogen (secondary N) is 1. The molecule has 2 heterocycles. The van der Waals surface area contributed by atoms with Gasteiger partial charge in [0.15, 0.2) is 0 Å². The Morgan fingerprint density at radius 1 is 1.33 bits per heavy atom. The summed E-state index contributed by atoms with van der Waals surface area (Å²) in [5.74, 6) is -0.396. The number of aryl methyl sites for hydroxylation is 2. The van der Waals surface area contributed by atoms with Crippen LogP contribution in [0.3, 0.4) is 0 Å². The first-order chi connectivity index (χ1) is 14.0. The fraction of sp³-hybridized carbons (Fsp3) is 0.526. The van der Waals surface area contributed by atoms with E-state index in [1.54, 1.807) is 20.0 Å². The maximum atomic E-state index is 12.7. The van der Waals surface area contributed by atoms with Crippen molar-refractivity contribution >= 4 is 5.91 Å². The smallest absolute Gasteiger partial charge is 0.417 e. The van der Waals surface area contributed by atoms with Gasteiger partial charge in [0, 0.05) is 31.3 Å². The van der Waals surface area contributed by atoms with Crippen LogP contribution in [0.2, 0.25) is 0 Å². The molecule has 3 atom stereocenters. The number of rotatable bonds is 6. The van der Waals surface area contributed by atoms with Crippen molar-refractivity contribution < 1.29 is 32.9 Å². The molecule has 2 aromatic heterocycles. The van der Waals surface area contributed by atoms with E-state index in [1.165, 1.54) is 4.68 Å². The van der Waals surface area contributed by atoms with Gasteiger partial charge in [0.05, 0.1) is 30.1 Å². The summed E-state index contributed by atoms with van der Waals surface area (Å²) in [6, 6.07) is 3.60. The van der Waals surface area contributed by atoms with E-state index in [1.807, 2.05) is 0 Å². The number of amides is 1. The Labute approximate surface area is 170 Å². The number of hydrogen-bond donors (Lipinski definition) is 3. The third kappa shape index (κ3) is 4.90. The largest absolute Gasteiger partial charge is 0.477 e. The molecule has 11 heteroatoms. The van der Waals surface area contributed by atoms with Gasteiger partial charge in [0.1, 0.15) is 5.69 Å². The van der Waals surface area contributed by atoms with Crippen LogP contribution in [-0.2, 0) is 13.2 Å². The summed E-state index contributed by atoms with van der Waals surface area (Å²) >= 11 is 0. The highest BCUT2D eigenvalue weighted by atomic mass is 19.4. The molecule has 1 saturated carbocycles. The number of aromatic nitrogens is 3. The van der Waals surface area contributed by atoms with Crippen molar-refractivity contribution in [3.8, 4) is 5.88 Å². The molecular weight excluding hydrogens is 405 g/mol. The van der Waals surface area contributed by atoms with Gasteiger partial charge in [-0.2, -0.15) is 18.3 Å². The third-order valence-electron chi connectivity index (χ3n) is 5.18. The standard InChI is InChI=1S/C19H23F3N4O4/c1-11-5-13(26(2)25-11)17(29)24-9-18(6-14(27)15(28)7-18)10-30-16-4-3-12(8-23-16)19(20,21)22/h3-5,8,14-15,27-28H,6-7,9-10H2,1-2H3,(H,24,29)/t14-,15+,18?. The molecule has 3 rings (SSSR count). The van der Waals surface area contributed by atoms with Crippen molar-refractivity contribution in [1.29, 1.82) is 0 Å². The number of aliphatic hydroxyl groups excluding tert-OH is 2. The summed E-state index contributed by atoms with van der Waals surface area (Å²) in [5.41, 5.74) is -0.671. The Balaban J connectivity index is 1.68. The number of nitrogens with zero attached hydrogens (tertiary/aromatic N) is 3. The van der Waals surface area contributed by atoms with Crippen LogP contribution in [0.25, 0.3) is 0 Å². The van der Waals surface area contributed by atoms with Crippen LogP contribution in [0.1, 0.15) is 34.6 Å². The normalized spacial score (nSPS) is 24.1. The van der Waals surface area contributed by atoms with Crippen LogP contribution in [0.4, 0.5) is 13.2 Å². The number of pyridine rings is 1.